The van der Waals surface area contributed by atoms with E-state index < -0.39 is 11.6 Å². The number of piperazine rings is 1. The van der Waals surface area contributed by atoms with Gasteiger partial charge >= 0.3 is 0 Å². The van der Waals surface area contributed by atoms with Crippen molar-refractivity contribution in [2.45, 2.75) is 45.8 Å². The molecule has 1 aliphatic heterocycles. The van der Waals surface area contributed by atoms with Crippen LogP contribution in [-0.4, -0.2) is 28.3 Å². The zero-order valence-corrected chi connectivity index (χ0v) is 11.9. The Morgan fingerprint density at radius 1 is 1.32 bits per heavy atom. The molecule has 1 fully saturated rings. The van der Waals surface area contributed by atoms with Crippen molar-refractivity contribution in [3.63, 3.8) is 0 Å². The number of nitrogens with zero attached hydrogens (tertiary/aromatic N) is 1. The van der Waals surface area contributed by atoms with Crippen LogP contribution in [0.4, 0.5) is 0 Å². The molecular weight excluding hydrogens is 240 g/mol. The number of benzene rings is 1. The van der Waals surface area contributed by atoms with E-state index in [1.807, 2.05) is 31.2 Å². The van der Waals surface area contributed by atoms with Crippen molar-refractivity contribution in [3.05, 3.63) is 35.4 Å². The summed E-state index contributed by atoms with van der Waals surface area (Å²) in [6.45, 7) is 7.73. The molecule has 0 saturated carbocycles. The number of rotatable bonds is 2. The fourth-order valence-corrected chi connectivity index (χ4v) is 2.36. The Kier molecular flexibility index (Phi) is 3.35. The summed E-state index contributed by atoms with van der Waals surface area (Å²) in [5.41, 5.74) is 1.37. The second kappa shape index (κ2) is 4.68. The number of hydrogen-bond donors (Lipinski definition) is 1. The van der Waals surface area contributed by atoms with Crippen molar-refractivity contribution < 1.29 is 9.59 Å². The quantitative estimate of drug-likeness (QED) is 0.878. The molecule has 102 valence electrons. The molecule has 19 heavy (non-hydrogen) atoms. The maximum atomic E-state index is 12.4. The summed E-state index contributed by atoms with van der Waals surface area (Å²) < 4.78 is 0. The maximum Gasteiger partial charge on any atom is 0.248 e. The predicted molar refractivity (Wildman–Crippen MR) is 73.4 cm³/mol. The molecule has 1 aromatic carbocycles. The molecule has 1 N–H and O–H groups in total. The molecule has 1 aliphatic rings. The van der Waals surface area contributed by atoms with Crippen LogP contribution in [0.5, 0.6) is 0 Å². The standard InChI is InChI=1S/C15H20N2O2/c1-10-6-5-7-12(8-10)9-17-11(2)13(18)16-15(3,4)14(17)19/h5-8,11H,9H2,1-4H3,(H,16,18). The van der Waals surface area contributed by atoms with E-state index in [-0.39, 0.29) is 11.8 Å². The van der Waals surface area contributed by atoms with E-state index >= 15 is 0 Å². The highest BCUT2D eigenvalue weighted by atomic mass is 16.2. The largest absolute Gasteiger partial charge is 0.340 e. The highest BCUT2D eigenvalue weighted by Crippen LogP contribution is 2.20. The average molecular weight is 260 g/mol. The summed E-state index contributed by atoms with van der Waals surface area (Å²) in [4.78, 5) is 26.0. The number of nitrogens with one attached hydrogen (secondary N) is 1. The topological polar surface area (TPSA) is 49.4 Å². The van der Waals surface area contributed by atoms with Gasteiger partial charge in [0.1, 0.15) is 11.6 Å². The zero-order chi connectivity index (χ0) is 14.2. The van der Waals surface area contributed by atoms with Crippen LogP contribution in [0, 0.1) is 6.92 Å². The molecule has 0 aliphatic carbocycles. The average Bonchev–Trinajstić information content (AvgIpc) is 2.32. The van der Waals surface area contributed by atoms with E-state index in [9.17, 15) is 9.59 Å². The smallest absolute Gasteiger partial charge is 0.248 e. The minimum Gasteiger partial charge on any atom is -0.340 e. The van der Waals surface area contributed by atoms with Gasteiger partial charge in [-0.25, -0.2) is 0 Å². The highest BCUT2D eigenvalue weighted by Gasteiger charge is 2.43. The summed E-state index contributed by atoms with van der Waals surface area (Å²) in [6.07, 6.45) is 0. The first-order valence-corrected chi connectivity index (χ1v) is 6.50. The number of amides is 2. The molecule has 1 atom stereocenters. The monoisotopic (exact) mass is 260 g/mol. The lowest BCUT2D eigenvalue weighted by Crippen LogP contribution is -2.66. The van der Waals surface area contributed by atoms with Crippen LogP contribution < -0.4 is 5.32 Å². The molecule has 1 saturated heterocycles. The first-order chi connectivity index (χ1) is 8.81. The number of carbonyl (C=O) groups is 2. The maximum absolute atomic E-state index is 12.4. The Labute approximate surface area is 113 Å². The highest BCUT2D eigenvalue weighted by molar-refractivity contribution is 5.99. The van der Waals surface area contributed by atoms with E-state index in [1.165, 1.54) is 0 Å². The van der Waals surface area contributed by atoms with Gasteiger partial charge in [0.15, 0.2) is 0 Å². The third-order valence-corrected chi connectivity index (χ3v) is 3.51. The number of hydrogen-bond acceptors (Lipinski definition) is 2. The molecule has 1 unspecified atom stereocenters. The van der Waals surface area contributed by atoms with Crippen LogP contribution in [0.1, 0.15) is 31.9 Å². The summed E-state index contributed by atoms with van der Waals surface area (Å²) in [6, 6.07) is 7.57. The van der Waals surface area contributed by atoms with Crippen LogP contribution in [0.2, 0.25) is 0 Å². The summed E-state index contributed by atoms with van der Waals surface area (Å²) in [7, 11) is 0. The van der Waals surface area contributed by atoms with Crippen LogP contribution in [0.15, 0.2) is 24.3 Å². The second-order valence-corrected chi connectivity index (χ2v) is 5.71. The van der Waals surface area contributed by atoms with E-state index in [0.29, 0.717) is 6.54 Å². The number of carbonyl (C=O) groups excluding carboxylic acids is 2. The summed E-state index contributed by atoms with van der Waals surface area (Å²) >= 11 is 0. The van der Waals surface area contributed by atoms with Gasteiger partial charge in [0.05, 0.1) is 0 Å². The van der Waals surface area contributed by atoms with Crippen LogP contribution in [-0.2, 0) is 16.1 Å². The third kappa shape index (κ3) is 2.62. The fourth-order valence-electron chi connectivity index (χ4n) is 2.36. The normalized spacial score (nSPS) is 22.3. The lowest BCUT2D eigenvalue weighted by molar-refractivity contribution is -0.153. The Bertz CT molecular complexity index is 523. The number of aryl methyl sites for hydroxylation is 1. The van der Waals surface area contributed by atoms with Gasteiger partial charge in [-0.1, -0.05) is 29.8 Å². The van der Waals surface area contributed by atoms with Gasteiger partial charge in [-0.3, -0.25) is 9.59 Å². The summed E-state index contributed by atoms with van der Waals surface area (Å²) in [5.74, 6) is -0.140. The van der Waals surface area contributed by atoms with Crippen LogP contribution >= 0.6 is 0 Å². The Morgan fingerprint density at radius 3 is 2.63 bits per heavy atom. The van der Waals surface area contributed by atoms with Gasteiger partial charge in [-0.2, -0.15) is 0 Å². The van der Waals surface area contributed by atoms with E-state index in [1.54, 1.807) is 25.7 Å². The third-order valence-electron chi connectivity index (χ3n) is 3.51. The summed E-state index contributed by atoms with van der Waals surface area (Å²) in [5, 5.41) is 2.75. The first kappa shape index (κ1) is 13.6. The molecule has 4 nitrogen and oxygen atoms in total. The van der Waals surface area contributed by atoms with Gasteiger partial charge in [0.2, 0.25) is 11.8 Å². The van der Waals surface area contributed by atoms with Crippen molar-refractivity contribution in [2.75, 3.05) is 0 Å². The van der Waals surface area contributed by atoms with E-state index in [0.717, 1.165) is 11.1 Å². The first-order valence-electron chi connectivity index (χ1n) is 6.50. The Hall–Kier alpha value is -1.84. The SMILES string of the molecule is Cc1cccc(CN2C(=O)C(C)(C)NC(=O)C2C)c1. The molecule has 1 heterocycles. The molecule has 2 amide bonds. The minimum absolute atomic E-state index is 0.0406. The van der Waals surface area contributed by atoms with Crippen molar-refractivity contribution in [2.24, 2.45) is 0 Å². The van der Waals surface area contributed by atoms with E-state index in [2.05, 4.69) is 5.32 Å². The van der Waals surface area contributed by atoms with E-state index in [4.69, 9.17) is 0 Å². The molecule has 2 rings (SSSR count). The molecule has 0 bridgehead atoms. The van der Waals surface area contributed by atoms with Crippen molar-refractivity contribution in [3.8, 4) is 0 Å². The second-order valence-electron chi connectivity index (χ2n) is 5.71. The molecule has 0 spiro atoms. The Morgan fingerprint density at radius 2 is 2.00 bits per heavy atom. The molecule has 1 aromatic rings. The van der Waals surface area contributed by atoms with Crippen LogP contribution in [0.3, 0.4) is 0 Å². The molecular formula is C15H20N2O2. The predicted octanol–water partition coefficient (Wildman–Crippen LogP) is 1.62. The molecule has 0 radical (unpaired) electrons. The fraction of sp³-hybridized carbons (Fsp3) is 0.467. The Balaban J connectivity index is 2.26. The van der Waals surface area contributed by atoms with Crippen molar-refractivity contribution in [1.82, 2.24) is 10.2 Å². The van der Waals surface area contributed by atoms with Crippen LogP contribution in [0.25, 0.3) is 0 Å². The van der Waals surface area contributed by atoms with Gasteiger partial charge in [0.25, 0.3) is 0 Å². The zero-order valence-electron chi connectivity index (χ0n) is 11.9. The lowest BCUT2D eigenvalue weighted by Gasteiger charge is -2.41. The van der Waals surface area contributed by atoms with Gasteiger partial charge in [-0.05, 0) is 33.3 Å². The van der Waals surface area contributed by atoms with Crippen molar-refractivity contribution >= 4 is 11.8 Å². The van der Waals surface area contributed by atoms with Gasteiger partial charge < -0.3 is 10.2 Å². The van der Waals surface area contributed by atoms with Crippen molar-refractivity contribution in [1.29, 1.82) is 0 Å². The molecule has 0 aromatic heterocycles. The van der Waals surface area contributed by atoms with Gasteiger partial charge in [0, 0.05) is 6.54 Å². The minimum atomic E-state index is -0.826. The molecule has 4 heteroatoms. The lowest BCUT2D eigenvalue weighted by atomic mass is 9.96. The van der Waals surface area contributed by atoms with Gasteiger partial charge in [-0.15, -0.1) is 0 Å².